The molecule has 0 aliphatic heterocycles. The lowest BCUT2D eigenvalue weighted by atomic mass is 9.89. The lowest BCUT2D eigenvalue weighted by Gasteiger charge is -2.25. The molecule has 0 spiro atoms. The monoisotopic (exact) mass is 307 g/mol. The van der Waals surface area contributed by atoms with Crippen molar-refractivity contribution in [1.82, 2.24) is 15.1 Å². The summed E-state index contributed by atoms with van der Waals surface area (Å²) in [5.41, 5.74) is 1.20. The van der Waals surface area contributed by atoms with Crippen LogP contribution in [-0.2, 0) is 5.54 Å². The molecule has 0 bridgehead atoms. The van der Waals surface area contributed by atoms with Crippen molar-refractivity contribution in [2.75, 3.05) is 6.54 Å². The highest BCUT2D eigenvalue weighted by atomic mass is 16.3. The molecular weight excluding hydrogens is 278 g/mol. The van der Waals surface area contributed by atoms with Gasteiger partial charge in [-0.25, -0.2) is 0 Å². The second-order valence-electron chi connectivity index (χ2n) is 8.40. The number of aromatic nitrogens is 2. The number of nitrogens with zero attached hydrogens (tertiary/aromatic N) is 2. The number of amides is 1. The molecule has 124 valence electrons. The van der Waals surface area contributed by atoms with Crippen LogP contribution in [0.5, 0.6) is 0 Å². The van der Waals surface area contributed by atoms with Gasteiger partial charge in [-0.3, -0.25) is 9.48 Å². The average molecular weight is 307 g/mol. The fourth-order valence-corrected chi connectivity index (χ4v) is 2.30. The molecule has 0 aromatic carbocycles. The summed E-state index contributed by atoms with van der Waals surface area (Å²) in [6.07, 6.45) is 1.76. The van der Waals surface area contributed by atoms with Crippen LogP contribution in [0.1, 0.15) is 76.5 Å². The first-order valence-corrected chi connectivity index (χ1v) is 8.07. The number of aliphatic hydroxyl groups is 1. The van der Waals surface area contributed by atoms with Crippen molar-refractivity contribution in [2.24, 2.45) is 5.41 Å². The Balaban J connectivity index is 2.10. The second kappa shape index (κ2) is 5.69. The van der Waals surface area contributed by atoms with Crippen molar-refractivity contribution >= 4 is 5.91 Å². The standard InChI is InChI=1S/C17H29N3O2/c1-16(2,3)14(21)10-18-15(22)12-9-13(11-7-8-11)20(19-12)17(4,5)6/h9,11,14,21H,7-8,10H2,1-6H3,(H,18,22). The molecule has 2 rings (SSSR count). The van der Waals surface area contributed by atoms with Gasteiger partial charge >= 0.3 is 0 Å². The van der Waals surface area contributed by atoms with E-state index in [1.807, 2.05) is 31.5 Å². The van der Waals surface area contributed by atoms with Crippen LogP contribution >= 0.6 is 0 Å². The maximum atomic E-state index is 12.3. The van der Waals surface area contributed by atoms with E-state index in [1.54, 1.807) is 0 Å². The number of carbonyl (C=O) groups excluding carboxylic acids is 1. The molecule has 1 saturated carbocycles. The Labute approximate surface area is 133 Å². The van der Waals surface area contributed by atoms with Crippen LogP contribution in [0.2, 0.25) is 0 Å². The average Bonchev–Trinajstić information content (AvgIpc) is 3.11. The first-order chi connectivity index (χ1) is 10.00. The predicted molar refractivity (Wildman–Crippen MR) is 87.0 cm³/mol. The summed E-state index contributed by atoms with van der Waals surface area (Å²) in [5.74, 6) is 0.321. The molecule has 0 radical (unpaired) electrons. The SMILES string of the molecule is CC(C)(C)C(O)CNC(=O)c1cc(C2CC2)n(C(C)(C)C)n1. The first kappa shape index (κ1) is 17.0. The molecule has 5 heteroatoms. The van der Waals surface area contributed by atoms with Gasteiger partial charge in [-0.05, 0) is 45.1 Å². The van der Waals surface area contributed by atoms with E-state index >= 15 is 0 Å². The van der Waals surface area contributed by atoms with E-state index in [9.17, 15) is 9.90 Å². The van der Waals surface area contributed by atoms with E-state index in [-0.39, 0.29) is 23.4 Å². The van der Waals surface area contributed by atoms with Gasteiger partial charge in [0.1, 0.15) is 5.69 Å². The highest BCUT2D eigenvalue weighted by molar-refractivity contribution is 5.92. The number of carbonyl (C=O) groups is 1. The van der Waals surface area contributed by atoms with Crippen molar-refractivity contribution in [3.05, 3.63) is 17.5 Å². The molecule has 1 aromatic heterocycles. The maximum absolute atomic E-state index is 12.3. The van der Waals surface area contributed by atoms with Crippen LogP contribution in [0.15, 0.2) is 6.07 Å². The summed E-state index contributed by atoms with van der Waals surface area (Å²) in [4.78, 5) is 12.3. The summed E-state index contributed by atoms with van der Waals surface area (Å²) in [7, 11) is 0. The van der Waals surface area contributed by atoms with Gasteiger partial charge in [-0.1, -0.05) is 20.8 Å². The maximum Gasteiger partial charge on any atom is 0.271 e. The summed E-state index contributed by atoms with van der Waals surface area (Å²) >= 11 is 0. The van der Waals surface area contributed by atoms with Crippen molar-refractivity contribution in [3.8, 4) is 0 Å². The summed E-state index contributed by atoms with van der Waals surface area (Å²) in [5, 5.41) is 17.3. The van der Waals surface area contributed by atoms with E-state index in [4.69, 9.17) is 0 Å². The molecule has 22 heavy (non-hydrogen) atoms. The third kappa shape index (κ3) is 3.88. The Bertz CT molecular complexity index is 545. The van der Waals surface area contributed by atoms with Crippen LogP contribution in [0, 0.1) is 5.41 Å². The Hall–Kier alpha value is -1.36. The molecule has 1 aliphatic carbocycles. The number of rotatable bonds is 4. The van der Waals surface area contributed by atoms with E-state index in [0.717, 1.165) is 5.69 Å². The number of hydrogen-bond acceptors (Lipinski definition) is 3. The fraction of sp³-hybridized carbons (Fsp3) is 0.765. The smallest absolute Gasteiger partial charge is 0.271 e. The van der Waals surface area contributed by atoms with Gasteiger partial charge in [-0.15, -0.1) is 0 Å². The minimum Gasteiger partial charge on any atom is -0.391 e. The van der Waals surface area contributed by atoms with Crippen molar-refractivity contribution in [3.63, 3.8) is 0 Å². The van der Waals surface area contributed by atoms with Crippen LogP contribution in [0.4, 0.5) is 0 Å². The lowest BCUT2D eigenvalue weighted by molar-refractivity contribution is 0.0585. The Kier molecular flexibility index (Phi) is 4.39. The Morgan fingerprint density at radius 3 is 2.41 bits per heavy atom. The molecule has 1 unspecified atom stereocenters. The molecule has 1 aromatic rings. The van der Waals surface area contributed by atoms with Crippen LogP contribution in [0.25, 0.3) is 0 Å². The second-order valence-corrected chi connectivity index (χ2v) is 8.40. The molecule has 2 N–H and O–H groups in total. The Morgan fingerprint density at radius 2 is 1.95 bits per heavy atom. The minimum absolute atomic E-state index is 0.138. The summed E-state index contributed by atoms with van der Waals surface area (Å²) < 4.78 is 1.97. The van der Waals surface area contributed by atoms with Gasteiger partial charge in [0.25, 0.3) is 5.91 Å². The molecule has 1 amide bonds. The molecule has 1 fully saturated rings. The topological polar surface area (TPSA) is 67.2 Å². The van der Waals surface area contributed by atoms with Crippen LogP contribution in [-0.4, -0.2) is 33.4 Å². The number of aliphatic hydroxyl groups excluding tert-OH is 1. The third-order valence-corrected chi connectivity index (χ3v) is 4.06. The van der Waals surface area contributed by atoms with Gasteiger partial charge in [-0.2, -0.15) is 5.10 Å². The van der Waals surface area contributed by atoms with Crippen LogP contribution in [0.3, 0.4) is 0 Å². The van der Waals surface area contributed by atoms with Crippen molar-refractivity contribution < 1.29 is 9.90 Å². The Morgan fingerprint density at radius 1 is 1.36 bits per heavy atom. The third-order valence-electron chi connectivity index (χ3n) is 4.06. The fourth-order valence-electron chi connectivity index (χ4n) is 2.30. The zero-order valence-corrected chi connectivity index (χ0v) is 14.6. The van der Waals surface area contributed by atoms with Gasteiger partial charge in [0.15, 0.2) is 0 Å². The quantitative estimate of drug-likeness (QED) is 0.898. The highest BCUT2D eigenvalue weighted by Gasteiger charge is 2.32. The molecule has 1 atom stereocenters. The van der Waals surface area contributed by atoms with E-state index in [2.05, 4.69) is 31.2 Å². The number of hydrogen-bond donors (Lipinski definition) is 2. The normalized spacial score (nSPS) is 17.4. The minimum atomic E-state index is -0.580. The zero-order chi connectivity index (χ0) is 16.7. The van der Waals surface area contributed by atoms with E-state index in [1.165, 1.54) is 12.8 Å². The number of nitrogens with one attached hydrogen (secondary N) is 1. The van der Waals surface area contributed by atoms with Gasteiger partial charge in [0.2, 0.25) is 0 Å². The highest BCUT2D eigenvalue weighted by Crippen LogP contribution is 2.41. The zero-order valence-electron chi connectivity index (χ0n) is 14.6. The van der Waals surface area contributed by atoms with Crippen molar-refractivity contribution in [1.29, 1.82) is 0 Å². The van der Waals surface area contributed by atoms with Gasteiger partial charge < -0.3 is 10.4 Å². The van der Waals surface area contributed by atoms with Crippen molar-refractivity contribution in [2.45, 2.75) is 71.9 Å². The molecule has 1 aliphatic rings. The summed E-state index contributed by atoms with van der Waals surface area (Å²) in [6, 6.07) is 1.90. The summed E-state index contributed by atoms with van der Waals surface area (Å²) in [6.45, 7) is 12.4. The van der Waals surface area contributed by atoms with Gasteiger partial charge in [0, 0.05) is 18.2 Å². The molecular formula is C17H29N3O2. The van der Waals surface area contributed by atoms with E-state index < -0.39 is 6.10 Å². The van der Waals surface area contributed by atoms with Gasteiger partial charge in [0.05, 0.1) is 11.6 Å². The lowest BCUT2D eigenvalue weighted by Crippen LogP contribution is -2.39. The van der Waals surface area contributed by atoms with Crippen LogP contribution < -0.4 is 5.32 Å². The molecule has 5 nitrogen and oxygen atoms in total. The molecule has 0 saturated heterocycles. The van der Waals surface area contributed by atoms with E-state index in [0.29, 0.717) is 11.6 Å². The predicted octanol–water partition coefficient (Wildman–Crippen LogP) is 2.65. The largest absolute Gasteiger partial charge is 0.391 e. The molecule has 1 heterocycles. The first-order valence-electron chi connectivity index (χ1n) is 8.07.